The number of anilines is 1. The van der Waals surface area contributed by atoms with Crippen LogP contribution in [0.1, 0.15) is 24.1 Å². The predicted molar refractivity (Wildman–Crippen MR) is 133 cm³/mol. The summed E-state index contributed by atoms with van der Waals surface area (Å²) in [5, 5.41) is 10.4. The number of nitrogens with one attached hydrogen (secondary N) is 2. The number of hydrogen-bond acceptors (Lipinski definition) is 6. The van der Waals surface area contributed by atoms with E-state index in [1.54, 1.807) is 6.26 Å². The molecular formula is C22H31IN6O3. The smallest absolute Gasteiger partial charge is 0.253 e. The molecule has 1 unspecified atom stereocenters. The van der Waals surface area contributed by atoms with Crippen LogP contribution in [0.15, 0.2) is 46.1 Å². The molecule has 1 aromatic carbocycles. The standard InChI is InChI=1S/C22H30N6O3.HI/c1-23-22(28-10-8-27(9-11-28)16-19-7-13-31-26-19)24-15-17-4-2-5-18(14-17)25-21(29)20-6-3-12-30-20;/h2,4-5,7,13-14,20H,3,6,8-12,15-16H2,1H3,(H,23,24)(H,25,29);1H. The van der Waals surface area contributed by atoms with Crippen LogP contribution in [0.3, 0.4) is 0 Å². The summed E-state index contributed by atoms with van der Waals surface area (Å²) in [5.74, 6) is 0.816. The van der Waals surface area contributed by atoms with E-state index in [-0.39, 0.29) is 36.0 Å². The molecule has 9 nitrogen and oxygen atoms in total. The number of hydrogen-bond donors (Lipinski definition) is 2. The number of guanidine groups is 1. The first kappa shape index (κ1) is 24.5. The molecule has 0 aliphatic carbocycles. The van der Waals surface area contributed by atoms with Gasteiger partial charge >= 0.3 is 0 Å². The van der Waals surface area contributed by atoms with Gasteiger partial charge in [-0.2, -0.15) is 0 Å². The lowest BCUT2D eigenvalue weighted by atomic mass is 10.2. The first-order valence-electron chi connectivity index (χ1n) is 10.8. The highest BCUT2D eigenvalue weighted by Gasteiger charge is 2.23. The van der Waals surface area contributed by atoms with Gasteiger partial charge in [0.25, 0.3) is 5.91 Å². The van der Waals surface area contributed by atoms with E-state index in [2.05, 4.69) is 30.6 Å². The van der Waals surface area contributed by atoms with Gasteiger partial charge in [-0.25, -0.2) is 0 Å². The summed E-state index contributed by atoms with van der Waals surface area (Å²) in [6.07, 6.45) is 3.01. The van der Waals surface area contributed by atoms with Crippen LogP contribution in [0.5, 0.6) is 0 Å². The number of carbonyl (C=O) groups excluding carboxylic acids is 1. The van der Waals surface area contributed by atoms with Gasteiger partial charge in [-0.3, -0.25) is 14.7 Å². The van der Waals surface area contributed by atoms with Crippen LogP contribution < -0.4 is 10.6 Å². The van der Waals surface area contributed by atoms with Crippen molar-refractivity contribution in [3.63, 3.8) is 0 Å². The minimum Gasteiger partial charge on any atom is -0.368 e. The molecule has 174 valence electrons. The molecule has 1 aromatic heterocycles. The third-order valence-electron chi connectivity index (χ3n) is 5.63. The summed E-state index contributed by atoms with van der Waals surface area (Å²) in [7, 11) is 1.81. The highest BCUT2D eigenvalue weighted by molar-refractivity contribution is 14.0. The van der Waals surface area contributed by atoms with Crippen LogP contribution in [0.2, 0.25) is 0 Å². The molecule has 2 saturated heterocycles. The molecular weight excluding hydrogens is 523 g/mol. The predicted octanol–water partition coefficient (Wildman–Crippen LogP) is 2.30. The monoisotopic (exact) mass is 554 g/mol. The minimum absolute atomic E-state index is 0. The number of amides is 1. The Morgan fingerprint density at radius 1 is 1.25 bits per heavy atom. The maximum absolute atomic E-state index is 12.3. The summed E-state index contributed by atoms with van der Waals surface area (Å²) < 4.78 is 10.4. The van der Waals surface area contributed by atoms with Gasteiger partial charge in [0.2, 0.25) is 0 Å². The average molecular weight is 554 g/mol. The molecule has 32 heavy (non-hydrogen) atoms. The second kappa shape index (κ2) is 12.2. The van der Waals surface area contributed by atoms with Gasteiger partial charge in [0, 0.05) is 64.7 Å². The highest BCUT2D eigenvalue weighted by atomic mass is 127. The van der Waals surface area contributed by atoms with E-state index in [9.17, 15) is 4.79 Å². The van der Waals surface area contributed by atoms with Crippen molar-refractivity contribution in [3.05, 3.63) is 47.9 Å². The Labute approximate surface area is 205 Å². The summed E-state index contributed by atoms with van der Waals surface area (Å²) >= 11 is 0. The lowest BCUT2D eigenvalue weighted by molar-refractivity contribution is -0.124. The fourth-order valence-electron chi connectivity index (χ4n) is 3.95. The number of piperazine rings is 1. The van der Waals surface area contributed by atoms with Crippen LogP contribution in [0.25, 0.3) is 0 Å². The molecule has 0 saturated carbocycles. The van der Waals surface area contributed by atoms with Crippen molar-refractivity contribution in [1.29, 1.82) is 0 Å². The molecule has 10 heteroatoms. The second-order valence-electron chi connectivity index (χ2n) is 7.85. The first-order valence-corrected chi connectivity index (χ1v) is 10.8. The maximum Gasteiger partial charge on any atom is 0.253 e. The number of halogens is 1. The van der Waals surface area contributed by atoms with E-state index >= 15 is 0 Å². The number of rotatable bonds is 6. The number of aliphatic imine (C=N–C) groups is 1. The van der Waals surface area contributed by atoms with E-state index in [4.69, 9.17) is 9.26 Å². The summed E-state index contributed by atoms with van der Waals surface area (Å²) in [6.45, 7) is 5.78. The van der Waals surface area contributed by atoms with Gasteiger partial charge in [0.05, 0.1) is 5.69 Å². The normalized spacial score (nSPS) is 19.5. The van der Waals surface area contributed by atoms with E-state index in [0.717, 1.165) is 68.5 Å². The highest BCUT2D eigenvalue weighted by Crippen LogP contribution is 2.16. The molecule has 2 fully saturated rings. The van der Waals surface area contributed by atoms with Crippen LogP contribution in [-0.4, -0.2) is 72.8 Å². The fourth-order valence-corrected chi connectivity index (χ4v) is 3.95. The number of aromatic nitrogens is 1. The topological polar surface area (TPSA) is 95.2 Å². The Morgan fingerprint density at radius 2 is 2.09 bits per heavy atom. The molecule has 2 aliphatic rings. The number of benzene rings is 1. The van der Waals surface area contributed by atoms with Gasteiger partial charge in [0.15, 0.2) is 5.96 Å². The lowest BCUT2D eigenvalue weighted by Crippen LogP contribution is -2.52. The van der Waals surface area contributed by atoms with Crippen LogP contribution in [0, 0.1) is 0 Å². The van der Waals surface area contributed by atoms with Crippen LogP contribution >= 0.6 is 24.0 Å². The Morgan fingerprint density at radius 3 is 2.78 bits per heavy atom. The average Bonchev–Trinajstić information content (AvgIpc) is 3.50. The Hall–Kier alpha value is -2.18. The van der Waals surface area contributed by atoms with Gasteiger partial charge in [-0.05, 0) is 30.5 Å². The quantitative estimate of drug-likeness (QED) is 0.322. The first-order chi connectivity index (χ1) is 15.2. The van der Waals surface area contributed by atoms with Crippen molar-refractivity contribution >= 4 is 41.5 Å². The molecule has 3 heterocycles. The van der Waals surface area contributed by atoms with Crippen LogP contribution in [0.4, 0.5) is 5.69 Å². The molecule has 0 bridgehead atoms. The largest absolute Gasteiger partial charge is 0.368 e. The Balaban J connectivity index is 0.00000289. The second-order valence-corrected chi connectivity index (χ2v) is 7.85. The zero-order valence-electron chi connectivity index (χ0n) is 18.3. The van der Waals surface area contributed by atoms with Crippen molar-refractivity contribution in [2.75, 3.05) is 45.2 Å². The SMILES string of the molecule is CN=C(NCc1cccc(NC(=O)C2CCCO2)c1)N1CCN(Cc2ccon2)CC1.I. The van der Waals surface area contributed by atoms with Crippen molar-refractivity contribution in [1.82, 2.24) is 20.3 Å². The van der Waals surface area contributed by atoms with Gasteiger partial charge in [0.1, 0.15) is 12.4 Å². The third-order valence-corrected chi connectivity index (χ3v) is 5.63. The molecule has 2 aromatic rings. The van der Waals surface area contributed by atoms with Gasteiger partial charge in [-0.1, -0.05) is 17.3 Å². The van der Waals surface area contributed by atoms with Crippen molar-refractivity contribution in [2.24, 2.45) is 4.99 Å². The number of nitrogens with zero attached hydrogens (tertiary/aromatic N) is 4. The van der Waals surface area contributed by atoms with Crippen molar-refractivity contribution < 1.29 is 14.1 Å². The molecule has 0 radical (unpaired) electrons. The summed E-state index contributed by atoms with van der Waals surface area (Å²) in [6, 6.07) is 9.79. The van der Waals surface area contributed by atoms with Gasteiger partial charge in [-0.15, -0.1) is 24.0 Å². The zero-order valence-corrected chi connectivity index (χ0v) is 20.7. The van der Waals surface area contributed by atoms with Gasteiger partial charge < -0.3 is 24.8 Å². The minimum atomic E-state index is -0.330. The maximum atomic E-state index is 12.3. The fraction of sp³-hybridized carbons (Fsp3) is 0.500. The van der Waals surface area contributed by atoms with E-state index in [0.29, 0.717) is 13.2 Å². The van der Waals surface area contributed by atoms with E-state index < -0.39 is 0 Å². The van der Waals surface area contributed by atoms with Crippen LogP contribution in [-0.2, 0) is 22.6 Å². The third kappa shape index (κ3) is 6.66. The molecule has 2 aliphatic heterocycles. The van der Waals surface area contributed by atoms with E-state index in [1.807, 2.05) is 37.4 Å². The summed E-state index contributed by atoms with van der Waals surface area (Å²) in [4.78, 5) is 21.4. The van der Waals surface area contributed by atoms with Crippen molar-refractivity contribution in [2.45, 2.75) is 32.0 Å². The molecule has 2 N–H and O–H groups in total. The number of carbonyl (C=O) groups is 1. The van der Waals surface area contributed by atoms with Crippen molar-refractivity contribution in [3.8, 4) is 0 Å². The zero-order chi connectivity index (χ0) is 21.5. The summed E-state index contributed by atoms with van der Waals surface area (Å²) in [5.41, 5.74) is 2.83. The molecule has 4 rings (SSSR count). The van der Waals surface area contributed by atoms with E-state index in [1.165, 1.54) is 0 Å². The Kier molecular flexibility index (Phi) is 9.30. The lowest BCUT2D eigenvalue weighted by Gasteiger charge is -2.36. The molecule has 1 amide bonds. The Bertz CT molecular complexity index is 878. The number of ether oxygens (including phenoxy) is 1. The molecule has 0 spiro atoms. The molecule has 1 atom stereocenters.